The molecule has 0 aliphatic rings. The highest BCUT2D eigenvalue weighted by atomic mass is 16.5. The summed E-state index contributed by atoms with van der Waals surface area (Å²) in [5.41, 5.74) is 7.23. The Balaban J connectivity index is 2.01. The Morgan fingerprint density at radius 3 is 2.85 bits per heavy atom. The summed E-state index contributed by atoms with van der Waals surface area (Å²) in [6.07, 6.45) is 2.59. The van der Waals surface area contributed by atoms with Gasteiger partial charge in [0.2, 0.25) is 0 Å². The van der Waals surface area contributed by atoms with Gasteiger partial charge in [0.15, 0.2) is 6.10 Å². The normalized spacial score (nSPS) is 11.7. The van der Waals surface area contributed by atoms with Crippen LogP contribution >= 0.6 is 0 Å². The van der Waals surface area contributed by atoms with Gasteiger partial charge in [-0.05, 0) is 30.7 Å². The average molecular weight is 271 g/mol. The van der Waals surface area contributed by atoms with Crippen LogP contribution in [0.3, 0.4) is 0 Å². The number of para-hydroxylation sites is 1. The minimum Gasteiger partial charge on any atom is -0.479 e. The van der Waals surface area contributed by atoms with Crippen molar-refractivity contribution >= 4 is 11.6 Å². The monoisotopic (exact) mass is 271 g/mol. The molecule has 5 heteroatoms. The largest absolute Gasteiger partial charge is 0.479 e. The number of benzene rings is 1. The van der Waals surface area contributed by atoms with E-state index in [1.54, 1.807) is 31.5 Å². The van der Waals surface area contributed by atoms with Crippen molar-refractivity contribution in [1.29, 1.82) is 0 Å². The number of amides is 1. The maximum atomic E-state index is 12.1. The van der Waals surface area contributed by atoms with Gasteiger partial charge >= 0.3 is 0 Å². The molecule has 0 aliphatic carbocycles. The number of rotatable bonds is 5. The Hall–Kier alpha value is -2.40. The fraction of sp³-hybridized carbons (Fsp3) is 0.200. The van der Waals surface area contributed by atoms with E-state index in [0.717, 1.165) is 5.56 Å². The number of nitrogens with two attached hydrogens (primary N) is 1. The summed E-state index contributed by atoms with van der Waals surface area (Å²) in [6.45, 7) is 2.06. The number of ether oxygens (including phenoxy) is 1. The third-order valence-electron chi connectivity index (χ3n) is 2.81. The van der Waals surface area contributed by atoms with Crippen LogP contribution in [-0.4, -0.2) is 17.0 Å². The zero-order chi connectivity index (χ0) is 14.4. The molecule has 1 atom stereocenters. The first-order valence-corrected chi connectivity index (χ1v) is 6.36. The average Bonchev–Trinajstić information content (AvgIpc) is 2.48. The van der Waals surface area contributed by atoms with E-state index in [1.165, 1.54) is 0 Å². The van der Waals surface area contributed by atoms with Crippen molar-refractivity contribution in [3.8, 4) is 5.75 Å². The molecule has 1 aromatic heterocycles. The van der Waals surface area contributed by atoms with Gasteiger partial charge in [-0.3, -0.25) is 9.78 Å². The molecule has 1 unspecified atom stereocenters. The summed E-state index contributed by atoms with van der Waals surface area (Å²) in [6, 6.07) is 10.9. The number of aromatic nitrogens is 1. The Kier molecular flexibility index (Phi) is 4.68. The van der Waals surface area contributed by atoms with Crippen LogP contribution < -0.4 is 15.8 Å². The van der Waals surface area contributed by atoms with Crippen LogP contribution in [0.25, 0.3) is 0 Å². The molecule has 1 heterocycles. The van der Waals surface area contributed by atoms with Gasteiger partial charge in [-0.25, -0.2) is 0 Å². The molecule has 0 fully saturated rings. The summed E-state index contributed by atoms with van der Waals surface area (Å²) in [5, 5.41) is 2.82. The Morgan fingerprint density at radius 1 is 1.35 bits per heavy atom. The lowest BCUT2D eigenvalue weighted by Gasteiger charge is -2.15. The molecule has 0 saturated carbocycles. The van der Waals surface area contributed by atoms with E-state index < -0.39 is 6.10 Å². The smallest absolute Gasteiger partial charge is 0.265 e. The van der Waals surface area contributed by atoms with Crippen LogP contribution in [0.2, 0.25) is 0 Å². The zero-order valence-electron chi connectivity index (χ0n) is 11.2. The minimum absolute atomic E-state index is 0.227. The number of hydrogen-bond donors (Lipinski definition) is 2. The number of nitrogens with zero attached hydrogens (tertiary/aromatic N) is 1. The quantitative estimate of drug-likeness (QED) is 0.871. The molecular weight excluding hydrogens is 254 g/mol. The summed E-state index contributed by atoms with van der Waals surface area (Å²) in [7, 11) is 0. The first-order chi connectivity index (χ1) is 9.70. The van der Waals surface area contributed by atoms with Crippen LogP contribution in [0, 0.1) is 0 Å². The van der Waals surface area contributed by atoms with Crippen LogP contribution in [0.4, 0.5) is 5.69 Å². The fourth-order valence-electron chi connectivity index (χ4n) is 1.73. The first kappa shape index (κ1) is 14.0. The second-order valence-corrected chi connectivity index (χ2v) is 4.30. The van der Waals surface area contributed by atoms with Gasteiger partial charge < -0.3 is 15.8 Å². The van der Waals surface area contributed by atoms with Gasteiger partial charge in [-0.1, -0.05) is 18.2 Å². The van der Waals surface area contributed by atoms with Crippen molar-refractivity contribution in [1.82, 2.24) is 4.98 Å². The van der Waals surface area contributed by atoms with E-state index in [1.807, 2.05) is 24.3 Å². The van der Waals surface area contributed by atoms with E-state index in [2.05, 4.69) is 10.3 Å². The van der Waals surface area contributed by atoms with Gasteiger partial charge in [-0.15, -0.1) is 0 Å². The van der Waals surface area contributed by atoms with Crippen LogP contribution in [0.5, 0.6) is 5.75 Å². The Morgan fingerprint density at radius 2 is 2.15 bits per heavy atom. The Bertz CT molecular complexity index is 572. The summed E-state index contributed by atoms with van der Waals surface area (Å²) < 4.78 is 5.52. The van der Waals surface area contributed by atoms with Gasteiger partial charge in [0.05, 0.1) is 6.20 Å². The van der Waals surface area contributed by atoms with Gasteiger partial charge in [-0.2, -0.15) is 0 Å². The molecule has 5 nitrogen and oxygen atoms in total. The topological polar surface area (TPSA) is 77.2 Å². The lowest BCUT2D eigenvalue weighted by Crippen LogP contribution is -2.30. The molecule has 0 spiro atoms. The summed E-state index contributed by atoms with van der Waals surface area (Å²) in [4.78, 5) is 16.0. The number of anilines is 1. The standard InChI is InChI=1S/C15H17N3O2/c1-11(20-13-6-4-8-17-10-13)15(19)18-14-7-3-2-5-12(14)9-16/h2-8,10-11H,9,16H2,1H3,(H,18,19). The van der Waals surface area contributed by atoms with Crippen molar-refractivity contribution in [3.63, 3.8) is 0 Å². The van der Waals surface area contributed by atoms with Crippen molar-refractivity contribution in [2.45, 2.75) is 19.6 Å². The lowest BCUT2D eigenvalue weighted by molar-refractivity contribution is -0.122. The molecule has 20 heavy (non-hydrogen) atoms. The van der Waals surface area contributed by atoms with Crippen LogP contribution in [-0.2, 0) is 11.3 Å². The predicted octanol–water partition coefficient (Wildman–Crippen LogP) is 1.95. The Labute approximate surface area is 117 Å². The summed E-state index contributed by atoms with van der Waals surface area (Å²) in [5.74, 6) is 0.331. The third-order valence-corrected chi connectivity index (χ3v) is 2.81. The maximum absolute atomic E-state index is 12.1. The molecule has 2 aromatic rings. The number of hydrogen-bond acceptors (Lipinski definition) is 4. The number of pyridine rings is 1. The van der Waals surface area contributed by atoms with E-state index in [4.69, 9.17) is 10.5 Å². The van der Waals surface area contributed by atoms with Gasteiger partial charge in [0.1, 0.15) is 5.75 Å². The zero-order valence-corrected chi connectivity index (χ0v) is 11.2. The highest BCUT2D eigenvalue weighted by Crippen LogP contribution is 2.15. The van der Waals surface area contributed by atoms with E-state index in [-0.39, 0.29) is 5.91 Å². The van der Waals surface area contributed by atoms with Crippen molar-refractivity contribution in [2.75, 3.05) is 5.32 Å². The van der Waals surface area contributed by atoms with Crippen molar-refractivity contribution < 1.29 is 9.53 Å². The van der Waals surface area contributed by atoms with Crippen LogP contribution in [0.15, 0.2) is 48.8 Å². The summed E-state index contributed by atoms with van der Waals surface area (Å²) >= 11 is 0. The minimum atomic E-state index is -0.620. The molecule has 104 valence electrons. The fourth-order valence-corrected chi connectivity index (χ4v) is 1.73. The molecule has 0 saturated heterocycles. The third kappa shape index (κ3) is 3.55. The molecule has 0 aliphatic heterocycles. The van der Waals surface area contributed by atoms with E-state index in [9.17, 15) is 4.79 Å². The van der Waals surface area contributed by atoms with Crippen LogP contribution in [0.1, 0.15) is 12.5 Å². The molecule has 0 bridgehead atoms. The second kappa shape index (κ2) is 6.68. The molecular formula is C15H17N3O2. The predicted molar refractivity (Wildman–Crippen MR) is 77.3 cm³/mol. The molecule has 1 aromatic carbocycles. The molecule has 0 radical (unpaired) electrons. The number of carbonyl (C=O) groups excluding carboxylic acids is 1. The SMILES string of the molecule is CC(Oc1cccnc1)C(=O)Nc1ccccc1CN. The van der Waals surface area contributed by atoms with Crippen molar-refractivity contribution in [2.24, 2.45) is 5.73 Å². The lowest BCUT2D eigenvalue weighted by atomic mass is 10.1. The highest BCUT2D eigenvalue weighted by molar-refractivity contribution is 5.94. The van der Waals surface area contributed by atoms with Gasteiger partial charge in [0, 0.05) is 18.4 Å². The number of nitrogens with one attached hydrogen (secondary N) is 1. The highest BCUT2D eigenvalue weighted by Gasteiger charge is 2.15. The first-order valence-electron chi connectivity index (χ1n) is 6.36. The van der Waals surface area contributed by atoms with Crippen molar-refractivity contribution in [3.05, 3.63) is 54.4 Å². The molecule has 3 N–H and O–H groups in total. The van der Waals surface area contributed by atoms with Gasteiger partial charge in [0.25, 0.3) is 5.91 Å². The molecule has 2 rings (SSSR count). The number of carbonyl (C=O) groups is 1. The second-order valence-electron chi connectivity index (χ2n) is 4.30. The van der Waals surface area contributed by atoms with E-state index in [0.29, 0.717) is 18.0 Å². The molecule has 1 amide bonds. The van der Waals surface area contributed by atoms with E-state index >= 15 is 0 Å². The maximum Gasteiger partial charge on any atom is 0.265 e.